The van der Waals surface area contributed by atoms with Gasteiger partial charge in [-0.3, -0.25) is 0 Å². The highest BCUT2D eigenvalue weighted by Crippen LogP contribution is 1.92. The van der Waals surface area contributed by atoms with Crippen LogP contribution in [-0.4, -0.2) is 112 Å². The molecular formula is C16H46NO11S4-. The molecule has 0 saturated carbocycles. The molecule has 4 N–H and O–H groups in total. The molecule has 32 heavy (non-hydrogen) atoms. The van der Waals surface area contributed by atoms with E-state index in [0.717, 1.165) is 32.5 Å². The highest BCUT2D eigenvalue weighted by molar-refractivity contribution is 7.93. The number of hydrogen-bond acceptors (Lipinski definition) is 10. The molecule has 0 radical (unpaired) electrons. The molecule has 0 aromatic carbocycles. The summed E-state index contributed by atoms with van der Waals surface area (Å²) >= 11 is 0. The summed E-state index contributed by atoms with van der Waals surface area (Å²) in [5, 5.41) is 15.0. The van der Waals surface area contributed by atoms with Crippen molar-refractivity contribution < 1.29 is 49.4 Å². The van der Waals surface area contributed by atoms with Gasteiger partial charge in [0, 0.05) is 43.6 Å². The van der Waals surface area contributed by atoms with Crippen LogP contribution in [0.1, 0.15) is 41.0 Å². The van der Waals surface area contributed by atoms with Gasteiger partial charge in [-0.2, -0.15) is 0 Å². The molecule has 0 atom stereocenters. The van der Waals surface area contributed by atoms with E-state index < -0.39 is 39.5 Å². The Morgan fingerprint density at radius 1 is 0.625 bits per heavy atom. The third-order valence-electron chi connectivity index (χ3n) is 1.98. The van der Waals surface area contributed by atoms with Crippen LogP contribution in [0, 0.1) is 0 Å². The first-order chi connectivity index (χ1) is 13.2. The van der Waals surface area contributed by atoms with Crippen LogP contribution >= 0.6 is 0 Å². The van der Waals surface area contributed by atoms with Gasteiger partial charge in [-0.05, 0) is 12.8 Å². The fourth-order valence-corrected chi connectivity index (χ4v) is 3.43. The third-order valence-corrected chi connectivity index (χ3v) is 5.93. The molecule has 0 aliphatic rings. The van der Waals surface area contributed by atoms with Gasteiger partial charge in [-0.25, -0.2) is 33.7 Å². The van der Waals surface area contributed by atoms with Gasteiger partial charge in [0.05, 0.1) is 22.4 Å². The molecule has 0 aliphatic heterocycles. The van der Waals surface area contributed by atoms with Gasteiger partial charge in [0.1, 0.15) is 29.5 Å². The highest BCUT2D eigenvalue weighted by atomic mass is 32.2. The fourth-order valence-electron chi connectivity index (χ4n) is 1.14. The van der Waals surface area contributed by atoms with E-state index in [1.807, 2.05) is 13.8 Å². The first-order valence-electron chi connectivity index (χ1n) is 8.72. The maximum Gasteiger partial charge on any atom is 0.149 e. The molecule has 0 amide bonds. The topological polar surface area (TPSA) is 223 Å². The summed E-state index contributed by atoms with van der Waals surface area (Å²) in [6.45, 7) is 5.45. The normalized spacial score (nSPS) is 10.4. The van der Waals surface area contributed by atoms with Crippen molar-refractivity contribution in [3.05, 3.63) is 4.72 Å². The van der Waals surface area contributed by atoms with Crippen molar-refractivity contribution in [1.29, 1.82) is 0 Å². The van der Waals surface area contributed by atoms with Crippen molar-refractivity contribution in [3.63, 3.8) is 0 Å². The molecule has 206 valence electrons. The average Bonchev–Trinajstić information content (AvgIpc) is 2.46. The minimum Gasteiger partial charge on any atom is -0.549 e. The number of sulfonamides is 1. The summed E-state index contributed by atoms with van der Waals surface area (Å²) < 4.78 is 84.4. The quantitative estimate of drug-likeness (QED) is 0.395. The number of aliphatic hydroxyl groups excluding tert-OH is 2. The average molecular weight is 557 g/mol. The zero-order valence-corrected chi connectivity index (χ0v) is 23.0. The molecule has 0 aliphatic carbocycles. The van der Waals surface area contributed by atoms with E-state index in [0.29, 0.717) is 18.1 Å². The molecule has 0 rings (SSSR count). The maximum atomic E-state index is 10.2. The summed E-state index contributed by atoms with van der Waals surface area (Å²) in [5.41, 5.74) is 0. The summed E-state index contributed by atoms with van der Waals surface area (Å²) in [6, 6.07) is 0. The molecule has 0 fully saturated rings. The number of nitrogens with zero attached hydrogens (tertiary/aromatic N) is 1. The largest absolute Gasteiger partial charge is 0.549 e. The Kier molecular flexibility index (Phi) is 41.1. The third kappa shape index (κ3) is 99.4. The second kappa shape index (κ2) is 26.9. The maximum absolute atomic E-state index is 10.2. The second-order valence-corrected chi connectivity index (χ2v) is 14.3. The second-order valence-electron chi connectivity index (χ2n) is 5.79. The molecule has 0 aromatic heterocycles. The molecule has 0 saturated heterocycles. The number of aliphatic hydroxyl groups is 2. The van der Waals surface area contributed by atoms with Crippen LogP contribution in [0.4, 0.5) is 0 Å². The fraction of sp³-hybridized carbons (Fsp3) is 1.00. The van der Waals surface area contributed by atoms with Crippen molar-refractivity contribution >= 4 is 39.5 Å². The predicted molar refractivity (Wildman–Crippen MR) is 134 cm³/mol. The Hall–Kier alpha value is -0.360. The zero-order valence-electron chi connectivity index (χ0n) is 19.7. The first-order valence-corrected chi connectivity index (χ1v) is 16.7. The van der Waals surface area contributed by atoms with Gasteiger partial charge in [0.2, 0.25) is 0 Å². The van der Waals surface area contributed by atoms with Crippen LogP contribution in [0.15, 0.2) is 0 Å². The van der Waals surface area contributed by atoms with Gasteiger partial charge in [0.25, 0.3) is 0 Å². The summed E-state index contributed by atoms with van der Waals surface area (Å²) in [6.07, 6.45) is 6.10. The van der Waals surface area contributed by atoms with E-state index in [4.69, 9.17) is 10.2 Å². The lowest BCUT2D eigenvalue weighted by atomic mass is 10.6. The lowest BCUT2D eigenvalue weighted by Crippen LogP contribution is -2.05. The SMILES string of the molecule is C.CCCS(C)(=O)=O.CCCS(C)(=O)=O.CC[N-]S(C)(=O)=O.CO.CS(=O)(=O)CCO.O. The smallest absolute Gasteiger partial charge is 0.149 e. The molecule has 16 heteroatoms. The van der Waals surface area contributed by atoms with E-state index in [2.05, 4.69) is 4.72 Å². The van der Waals surface area contributed by atoms with Gasteiger partial charge in [-0.15, -0.1) is 6.54 Å². The molecular weight excluding hydrogens is 510 g/mol. The van der Waals surface area contributed by atoms with Crippen molar-refractivity contribution in [2.24, 2.45) is 0 Å². The van der Waals surface area contributed by atoms with E-state index >= 15 is 0 Å². The number of sulfone groups is 3. The van der Waals surface area contributed by atoms with Gasteiger partial charge >= 0.3 is 0 Å². The molecule has 0 unspecified atom stereocenters. The lowest BCUT2D eigenvalue weighted by molar-refractivity contribution is 0.320. The summed E-state index contributed by atoms with van der Waals surface area (Å²) in [7, 11) is -10.3. The Morgan fingerprint density at radius 2 is 0.875 bits per heavy atom. The molecule has 0 heterocycles. The van der Waals surface area contributed by atoms with Gasteiger partial charge in [0.15, 0.2) is 0 Å². The van der Waals surface area contributed by atoms with Crippen LogP contribution in [-0.2, 0) is 39.5 Å². The minimum atomic E-state index is -3.05. The van der Waals surface area contributed by atoms with E-state index in [9.17, 15) is 33.7 Å². The van der Waals surface area contributed by atoms with Crippen LogP contribution in [0.5, 0.6) is 0 Å². The van der Waals surface area contributed by atoms with Crippen molar-refractivity contribution in [2.45, 2.75) is 41.0 Å². The Labute approximate surface area is 196 Å². The molecule has 0 aromatic rings. The predicted octanol–water partition coefficient (Wildman–Crippen LogP) is -0.335. The molecule has 12 nitrogen and oxygen atoms in total. The number of rotatable bonds is 8. The van der Waals surface area contributed by atoms with Crippen LogP contribution in [0.3, 0.4) is 0 Å². The van der Waals surface area contributed by atoms with Gasteiger partial charge < -0.3 is 20.4 Å². The van der Waals surface area contributed by atoms with E-state index in [1.54, 1.807) is 6.92 Å². The number of hydrogen-bond donors (Lipinski definition) is 2. The van der Waals surface area contributed by atoms with Crippen LogP contribution in [0.2, 0.25) is 0 Å². The van der Waals surface area contributed by atoms with E-state index in [-0.39, 0.29) is 25.3 Å². The minimum absolute atomic E-state index is 0. The van der Waals surface area contributed by atoms with Crippen molar-refractivity contribution in [1.82, 2.24) is 0 Å². The van der Waals surface area contributed by atoms with Crippen LogP contribution < -0.4 is 0 Å². The Bertz CT molecular complexity index is 638. The zero-order chi connectivity index (χ0) is 25.7. The Morgan fingerprint density at radius 3 is 0.875 bits per heavy atom. The van der Waals surface area contributed by atoms with Crippen molar-refractivity contribution in [2.75, 3.05) is 62.5 Å². The standard InChI is InChI=1S/2C4H10O2S.C3H8NO2S.C3H8O3S.CH4O.CH4.H2O/c3*1-3-4-7(2,5)6;1-7(5,6)3-2-4;1-2;;/h2*3-4H2,1-2H3;3H2,1-2H3;4H,2-3H2,1H3;2H,1H3;1H4;1H2/q;;-1;;;;. The summed E-state index contributed by atoms with van der Waals surface area (Å²) in [5.74, 6) is 0.493. The van der Waals surface area contributed by atoms with Crippen molar-refractivity contribution in [3.8, 4) is 0 Å². The molecule has 0 spiro atoms. The summed E-state index contributed by atoms with van der Waals surface area (Å²) in [4.78, 5) is 0. The lowest BCUT2D eigenvalue weighted by Gasteiger charge is -2.10. The highest BCUT2D eigenvalue weighted by Gasteiger charge is 1.97. The van der Waals surface area contributed by atoms with Crippen LogP contribution in [0.25, 0.3) is 4.72 Å². The molecule has 0 bridgehead atoms. The van der Waals surface area contributed by atoms with E-state index in [1.165, 1.54) is 12.5 Å². The monoisotopic (exact) mass is 556 g/mol. The van der Waals surface area contributed by atoms with Gasteiger partial charge in [-0.1, -0.05) is 28.2 Å². The Balaban J connectivity index is -0.0000000497. The first kappa shape index (κ1) is 48.9.